The fraction of sp³-hybridized carbons (Fsp3) is 0.308. The Morgan fingerprint density at radius 1 is 1.00 bits per heavy atom. The number of carbonyl (C=O) groups is 2. The van der Waals surface area contributed by atoms with Gasteiger partial charge in [-0.1, -0.05) is 36.4 Å². The molecule has 2 aromatic carbocycles. The molecule has 0 fully saturated rings. The monoisotopic (exact) mass is 501 g/mol. The second-order valence-electron chi connectivity index (χ2n) is 7.84. The quantitative estimate of drug-likeness (QED) is 0.333. The Kier molecular flexibility index (Phi) is 10.2. The molecule has 1 N–H and O–H groups in total. The van der Waals surface area contributed by atoms with Gasteiger partial charge in [0.15, 0.2) is 0 Å². The van der Waals surface area contributed by atoms with Crippen LogP contribution in [0.3, 0.4) is 0 Å². The molecule has 1 heterocycles. The topological polar surface area (TPSA) is 61.9 Å². The number of hydrogen-bond donors (Lipinski definition) is 1. The number of anilines is 1. The van der Waals surface area contributed by atoms with Crippen molar-refractivity contribution in [1.82, 2.24) is 9.80 Å². The van der Waals surface area contributed by atoms with Crippen molar-refractivity contribution in [2.75, 3.05) is 31.6 Å². The molecule has 0 aliphatic carbocycles. The number of amides is 3. The van der Waals surface area contributed by atoms with Gasteiger partial charge in [0.2, 0.25) is 5.91 Å². The van der Waals surface area contributed by atoms with Gasteiger partial charge in [-0.25, -0.2) is 13.6 Å². The molecule has 0 bridgehead atoms. The minimum absolute atomic E-state index is 0.154. The van der Waals surface area contributed by atoms with Crippen molar-refractivity contribution in [2.45, 2.75) is 26.4 Å². The Bertz CT molecular complexity index is 1080. The average molecular weight is 502 g/mol. The van der Waals surface area contributed by atoms with E-state index in [0.717, 1.165) is 22.6 Å². The van der Waals surface area contributed by atoms with Crippen LogP contribution >= 0.6 is 11.3 Å². The summed E-state index contributed by atoms with van der Waals surface area (Å²) in [6.07, 6.45) is 0.504. The summed E-state index contributed by atoms with van der Waals surface area (Å²) >= 11 is 1.55. The van der Waals surface area contributed by atoms with Gasteiger partial charge >= 0.3 is 6.03 Å². The van der Waals surface area contributed by atoms with Crippen molar-refractivity contribution in [3.63, 3.8) is 0 Å². The Morgan fingerprint density at radius 2 is 1.80 bits per heavy atom. The van der Waals surface area contributed by atoms with E-state index in [1.807, 2.05) is 54.8 Å². The molecule has 3 amide bonds. The molecule has 0 saturated heterocycles. The number of urea groups is 1. The number of thiophene rings is 1. The molecule has 3 rings (SSSR count). The second kappa shape index (κ2) is 13.6. The molecule has 0 aliphatic rings. The van der Waals surface area contributed by atoms with Gasteiger partial charge in [-0.05, 0) is 42.5 Å². The van der Waals surface area contributed by atoms with E-state index in [2.05, 4.69) is 5.32 Å². The van der Waals surface area contributed by atoms with Crippen LogP contribution in [-0.2, 0) is 22.6 Å². The Balaban J connectivity index is 1.75. The van der Waals surface area contributed by atoms with Crippen molar-refractivity contribution >= 4 is 29.0 Å². The predicted octanol–water partition coefficient (Wildman–Crippen LogP) is 5.52. The number of nitrogens with zero attached hydrogens (tertiary/aromatic N) is 2. The Morgan fingerprint density at radius 3 is 2.49 bits per heavy atom. The third kappa shape index (κ3) is 8.45. The highest BCUT2D eigenvalue weighted by atomic mass is 32.1. The number of ether oxygens (including phenoxy) is 1. The maximum atomic E-state index is 14.1. The fourth-order valence-electron chi connectivity index (χ4n) is 3.43. The van der Waals surface area contributed by atoms with E-state index in [1.54, 1.807) is 16.2 Å². The molecular formula is C26H29F2N3O3S. The molecule has 0 radical (unpaired) electrons. The lowest BCUT2D eigenvalue weighted by molar-refractivity contribution is -0.133. The highest BCUT2D eigenvalue weighted by Gasteiger charge is 2.23. The predicted molar refractivity (Wildman–Crippen MR) is 133 cm³/mol. The summed E-state index contributed by atoms with van der Waals surface area (Å²) < 4.78 is 32.7. The van der Waals surface area contributed by atoms with Crippen molar-refractivity contribution in [3.8, 4) is 0 Å². The van der Waals surface area contributed by atoms with Crippen LogP contribution < -0.4 is 5.32 Å². The lowest BCUT2D eigenvalue weighted by atomic mass is 10.2. The van der Waals surface area contributed by atoms with Gasteiger partial charge < -0.3 is 19.9 Å². The first-order chi connectivity index (χ1) is 17.0. The number of benzene rings is 2. The first-order valence-electron chi connectivity index (χ1n) is 11.4. The summed E-state index contributed by atoms with van der Waals surface area (Å²) in [7, 11) is 0. The average Bonchev–Trinajstić information content (AvgIpc) is 3.36. The Labute approximate surface area is 208 Å². The van der Waals surface area contributed by atoms with Crippen molar-refractivity contribution in [3.05, 3.63) is 88.1 Å². The molecule has 3 aromatic rings. The zero-order chi connectivity index (χ0) is 25.0. The number of nitrogens with one attached hydrogen (secondary N) is 1. The van der Waals surface area contributed by atoms with Gasteiger partial charge in [0.05, 0.1) is 12.2 Å². The van der Waals surface area contributed by atoms with E-state index < -0.39 is 17.7 Å². The Hall–Kier alpha value is -3.30. The van der Waals surface area contributed by atoms with Crippen molar-refractivity contribution in [1.29, 1.82) is 0 Å². The first kappa shape index (κ1) is 26.3. The minimum Gasteiger partial charge on any atom is -0.382 e. The largest absolute Gasteiger partial charge is 0.382 e. The van der Waals surface area contributed by atoms with Crippen LogP contribution in [0, 0.1) is 11.6 Å². The van der Waals surface area contributed by atoms with E-state index in [1.165, 1.54) is 4.90 Å². The van der Waals surface area contributed by atoms with Gasteiger partial charge in [-0.15, -0.1) is 11.3 Å². The zero-order valence-electron chi connectivity index (χ0n) is 19.6. The van der Waals surface area contributed by atoms with Crippen LogP contribution in [0.4, 0.5) is 19.3 Å². The van der Waals surface area contributed by atoms with E-state index in [4.69, 9.17) is 4.74 Å². The summed E-state index contributed by atoms with van der Waals surface area (Å²) in [5.74, 6) is -1.87. The van der Waals surface area contributed by atoms with Crippen LogP contribution in [0.2, 0.25) is 0 Å². The van der Waals surface area contributed by atoms with Crippen LogP contribution in [0.1, 0.15) is 23.8 Å². The van der Waals surface area contributed by atoms with Crippen LogP contribution in [-0.4, -0.2) is 48.0 Å². The minimum atomic E-state index is -0.887. The number of rotatable bonds is 12. The van der Waals surface area contributed by atoms with E-state index in [9.17, 15) is 18.4 Å². The number of halogens is 2. The lowest BCUT2D eigenvalue weighted by Gasteiger charge is -2.28. The highest BCUT2D eigenvalue weighted by molar-refractivity contribution is 7.09. The number of carbonyl (C=O) groups excluding carboxylic acids is 2. The molecule has 0 spiro atoms. The first-order valence-corrected chi connectivity index (χ1v) is 12.3. The molecule has 186 valence electrons. The fourth-order valence-corrected chi connectivity index (χ4v) is 4.15. The van der Waals surface area contributed by atoms with Crippen LogP contribution in [0.5, 0.6) is 0 Å². The smallest absolute Gasteiger partial charge is 0.322 e. The van der Waals surface area contributed by atoms with Gasteiger partial charge in [-0.2, -0.15) is 0 Å². The summed E-state index contributed by atoms with van der Waals surface area (Å²) in [5.41, 5.74) is 0.816. The summed E-state index contributed by atoms with van der Waals surface area (Å²) in [6, 6.07) is 15.8. The second-order valence-corrected chi connectivity index (χ2v) is 8.87. The van der Waals surface area contributed by atoms with E-state index in [-0.39, 0.29) is 24.7 Å². The normalized spacial score (nSPS) is 10.7. The molecule has 1 aromatic heterocycles. The summed E-state index contributed by atoms with van der Waals surface area (Å²) in [6.45, 7) is 3.67. The third-order valence-corrected chi connectivity index (χ3v) is 6.06. The van der Waals surface area contributed by atoms with Crippen molar-refractivity contribution in [2.24, 2.45) is 0 Å². The van der Waals surface area contributed by atoms with E-state index >= 15 is 0 Å². The zero-order valence-corrected chi connectivity index (χ0v) is 20.4. The summed E-state index contributed by atoms with van der Waals surface area (Å²) in [4.78, 5) is 30.4. The SMILES string of the molecule is CCOCCCN(CC(=O)N(Cc1ccccc1)Cc1cccs1)C(=O)Nc1ccc(F)cc1F. The molecule has 6 nitrogen and oxygen atoms in total. The van der Waals surface area contributed by atoms with E-state index in [0.29, 0.717) is 38.8 Å². The van der Waals surface area contributed by atoms with Gasteiger partial charge in [0, 0.05) is 37.2 Å². The molecule has 0 atom stereocenters. The maximum absolute atomic E-state index is 14.1. The summed E-state index contributed by atoms with van der Waals surface area (Å²) in [5, 5.41) is 4.40. The van der Waals surface area contributed by atoms with Crippen LogP contribution in [0.15, 0.2) is 66.0 Å². The molecule has 9 heteroatoms. The molecule has 0 saturated carbocycles. The molecule has 0 aliphatic heterocycles. The third-order valence-electron chi connectivity index (χ3n) is 5.20. The van der Waals surface area contributed by atoms with Crippen LogP contribution in [0.25, 0.3) is 0 Å². The molecule has 35 heavy (non-hydrogen) atoms. The highest BCUT2D eigenvalue weighted by Crippen LogP contribution is 2.17. The maximum Gasteiger partial charge on any atom is 0.322 e. The lowest BCUT2D eigenvalue weighted by Crippen LogP contribution is -2.44. The molecular weight excluding hydrogens is 472 g/mol. The number of hydrogen-bond acceptors (Lipinski definition) is 4. The van der Waals surface area contributed by atoms with Crippen molar-refractivity contribution < 1.29 is 23.1 Å². The standard InChI is InChI=1S/C26H29F2N3O3S/c1-2-34-14-7-13-30(26(33)29-24-12-11-21(27)16-23(24)28)19-25(32)31(18-22-10-6-15-35-22)17-20-8-4-3-5-9-20/h3-6,8-12,15-16H,2,7,13-14,17-19H2,1H3,(H,29,33). The molecule has 0 unspecified atom stereocenters. The van der Waals surface area contributed by atoms with Gasteiger partial charge in [0.1, 0.15) is 18.2 Å². The van der Waals surface area contributed by atoms with Gasteiger partial charge in [-0.3, -0.25) is 4.79 Å². The van der Waals surface area contributed by atoms with Gasteiger partial charge in [0.25, 0.3) is 0 Å².